The summed E-state index contributed by atoms with van der Waals surface area (Å²) >= 11 is 0. The standard InChI is InChI=1S/C20H23N3O6S/c1-14-4-3-11-22(13-14)30(27,28)17-8-5-15(6-9-17)20(24)21-18-12-16(23(25)26)7-10-19(18)29-2/h5-10,12,14H,3-4,11,13H2,1-2H3,(H,21,24). The number of ether oxygens (including phenoxy) is 1. The fourth-order valence-corrected chi connectivity index (χ4v) is 4.99. The van der Waals surface area contributed by atoms with E-state index in [-0.39, 0.29) is 27.6 Å². The molecule has 2 aromatic carbocycles. The lowest BCUT2D eigenvalue weighted by Crippen LogP contribution is -2.39. The highest BCUT2D eigenvalue weighted by Crippen LogP contribution is 2.29. The number of amides is 1. The molecule has 2 aromatic rings. The number of benzene rings is 2. The topological polar surface area (TPSA) is 119 Å². The number of hydrogen-bond acceptors (Lipinski definition) is 6. The van der Waals surface area contributed by atoms with Crippen LogP contribution in [0.15, 0.2) is 47.4 Å². The van der Waals surface area contributed by atoms with Crippen LogP contribution in [-0.4, -0.2) is 43.8 Å². The SMILES string of the molecule is COc1ccc([N+](=O)[O-])cc1NC(=O)c1ccc(S(=O)(=O)N2CCCC(C)C2)cc1. The summed E-state index contributed by atoms with van der Waals surface area (Å²) in [5.41, 5.74) is 0.175. The molecule has 0 aliphatic carbocycles. The van der Waals surface area contributed by atoms with Crippen LogP contribution in [0.3, 0.4) is 0 Å². The summed E-state index contributed by atoms with van der Waals surface area (Å²) in [7, 11) is -2.23. The maximum atomic E-state index is 12.8. The number of non-ortho nitro benzene ring substituents is 1. The van der Waals surface area contributed by atoms with Gasteiger partial charge in [0.15, 0.2) is 0 Å². The molecule has 0 radical (unpaired) electrons. The molecule has 0 aromatic heterocycles. The smallest absolute Gasteiger partial charge is 0.271 e. The molecule has 1 unspecified atom stereocenters. The molecule has 0 bridgehead atoms. The molecule has 1 N–H and O–H groups in total. The number of hydrogen-bond donors (Lipinski definition) is 1. The third-order valence-corrected chi connectivity index (χ3v) is 6.90. The Hall–Kier alpha value is -2.98. The molecule has 1 atom stereocenters. The van der Waals surface area contributed by atoms with Crippen molar-refractivity contribution in [1.82, 2.24) is 4.31 Å². The molecule has 9 nitrogen and oxygen atoms in total. The van der Waals surface area contributed by atoms with Gasteiger partial charge >= 0.3 is 0 Å². The van der Waals surface area contributed by atoms with Gasteiger partial charge in [-0.2, -0.15) is 4.31 Å². The van der Waals surface area contributed by atoms with Crippen molar-refractivity contribution in [1.29, 1.82) is 0 Å². The van der Waals surface area contributed by atoms with Crippen LogP contribution < -0.4 is 10.1 Å². The van der Waals surface area contributed by atoms with E-state index in [0.29, 0.717) is 19.0 Å². The lowest BCUT2D eigenvalue weighted by molar-refractivity contribution is -0.384. The number of carbonyl (C=O) groups is 1. The Morgan fingerprint density at radius 3 is 2.53 bits per heavy atom. The van der Waals surface area contributed by atoms with E-state index in [2.05, 4.69) is 5.32 Å². The van der Waals surface area contributed by atoms with Gasteiger partial charge in [-0.15, -0.1) is 0 Å². The van der Waals surface area contributed by atoms with Crippen molar-refractivity contribution in [2.24, 2.45) is 5.92 Å². The molecule has 10 heteroatoms. The van der Waals surface area contributed by atoms with E-state index in [1.165, 1.54) is 53.9 Å². The lowest BCUT2D eigenvalue weighted by Gasteiger charge is -2.30. The van der Waals surface area contributed by atoms with E-state index in [1.807, 2.05) is 6.92 Å². The predicted molar refractivity (Wildman–Crippen MR) is 111 cm³/mol. The minimum Gasteiger partial charge on any atom is -0.495 e. The summed E-state index contributed by atoms with van der Waals surface area (Å²) in [6.07, 6.45) is 1.83. The van der Waals surface area contributed by atoms with Gasteiger partial charge in [-0.1, -0.05) is 6.92 Å². The third-order valence-electron chi connectivity index (χ3n) is 5.02. The number of carbonyl (C=O) groups excluding carboxylic acids is 1. The lowest BCUT2D eigenvalue weighted by atomic mass is 10.0. The quantitative estimate of drug-likeness (QED) is 0.552. The number of nitro benzene ring substituents is 1. The minimum atomic E-state index is -3.62. The zero-order valence-corrected chi connectivity index (χ0v) is 17.5. The molecular formula is C20H23N3O6S. The maximum Gasteiger partial charge on any atom is 0.271 e. The Balaban J connectivity index is 1.79. The fourth-order valence-electron chi connectivity index (χ4n) is 3.39. The van der Waals surface area contributed by atoms with Crippen molar-refractivity contribution in [2.45, 2.75) is 24.7 Å². The second-order valence-corrected chi connectivity index (χ2v) is 9.17. The highest BCUT2D eigenvalue weighted by molar-refractivity contribution is 7.89. The molecule has 1 saturated heterocycles. The summed E-state index contributed by atoms with van der Waals surface area (Å²) in [5, 5.41) is 13.6. The van der Waals surface area contributed by atoms with Crippen molar-refractivity contribution >= 4 is 27.3 Å². The summed E-state index contributed by atoms with van der Waals surface area (Å²) in [4.78, 5) is 23.1. The van der Waals surface area contributed by atoms with Crippen molar-refractivity contribution < 1.29 is 22.9 Å². The number of nitrogens with zero attached hydrogens (tertiary/aromatic N) is 2. The summed E-state index contributed by atoms with van der Waals surface area (Å²) in [6.45, 7) is 3.00. The zero-order valence-electron chi connectivity index (χ0n) is 16.7. The van der Waals surface area contributed by atoms with Crippen LogP contribution in [0.2, 0.25) is 0 Å². The van der Waals surface area contributed by atoms with E-state index in [1.54, 1.807) is 0 Å². The van der Waals surface area contributed by atoms with Crippen LogP contribution in [0.1, 0.15) is 30.1 Å². The van der Waals surface area contributed by atoms with Gasteiger partial charge in [0.05, 0.1) is 22.6 Å². The van der Waals surface area contributed by atoms with Crippen LogP contribution >= 0.6 is 0 Å². The monoisotopic (exact) mass is 433 g/mol. The van der Waals surface area contributed by atoms with E-state index < -0.39 is 20.9 Å². The summed E-state index contributed by atoms with van der Waals surface area (Å²) < 4.78 is 32.3. The van der Waals surface area contributed by atoms with Crippen molar-refractivity contribution in [3.8, 4) is 5.75 Å². The minimum absolute atomic E-state index is 0.126. The number of sulfonamides is 1. The van der Waals surface area contributed by atoms with Gasteiger partial charge in [-0.3, -0.25) is 14.9 Å². The van der Waals surface area contributed by atoms with Gasteiger partial charge in [-0.25, -0.2) is 8.42 Å². The first-order valence-electron chi connectivity index (χ1n) is 9.46. The van der Waals surface area contributed by atoms with Gasteiger partial charge in [-0.05, 0) is 49.1 Å². The Bertz CT molecular complexity index is 1050. The fraction of sp³-hybridized carbons (Fsp3) is 0.350. The van der Waals surface area contributed by atoms with E-state index in [9.17, 15) is 23.3 Å². The second-order valence-electron chi connectivity index (χ2n) is 7.23. The maximum absolute atomic E-state index is 12.8. The Labute approximate surface area is 174 Å². The summed E-state index contributed by atoms with van der Waals surface area (Å²) in [5.74, 6) is 0.0418. The molecular weight excluding hydrogens is 410 g/mol. The molecule has 1 fully saturated rings. The molecule has 1 aliphatic heterocycles. The average molecular weight is 433 g/mol. The first-order chi connectivity index (χ1) is 14.2. The van der Waals surface area contributed by atoms with Crippen LogP contribution in [0.25, 0.3) is 0 Å². The molecule has 0 spiro atoms. The van der Waals surface area contributed by atoms with Gasteiger partial charge < -0.3 is 10.1 Å². The van der Waals surface area contributed by atoms with Gasteiger partial charge in [0.2, 0.25) is 10.0 Å². The number of piperidine rings is 1. The molecule has 1 amide bonds. The molecule has 1 aliphatic rings. The van der Waals surface area contributed by atoms with Crippen molar-refractivity contribution in [3.05, 3.63) is 58.1 Å². The predicted octanol–water partition coefficient (Wildman–Crippen LogP) is 3.28. The number of nitrogens with one attached hydrogen (secondary N) is 1. The largest absolute Gasteiger partial charge is 0.495 e. The van der Waals surface area contributed by atoms with E-state index >= 15 is 0 Å². The number of anilines is 1. The highest BCUT2D eigenvalue weighted by Gasteiger charge is 2.28. The Morgan fingerprint density at radius 1 is 1.23 bits per heavy atom. The Kier molecular flexibility index (Phi) is 6.37. The number of rotatable bonds is 6. The molecule has 30 heavy (non-hydrogen) atoms. The molecule has 3 rings (SSSR count). The first kappa shape index (κ1) is 21.7. The van der Waals surface area contributed by atoms with Crippen LogP contribution in [0, 0.1) is 16.0 Å². The summed E-state index contributed by atoms with van der Waals surface area (Å²) in [6, 6.07) is 9.49. The average Bonchev–Trinajstić information content (AvgIpc) is 2.73. The van der Waals surface area contributed by atoms with Crippen molar-refractivity contribution in [2.75, 3.05) is 25.5 Å². The normalized spacial score (nSPS) is 17.3. The van der Waals surface area contributed by atoms with Gasteiger partial charge in [0.1, 0.15) is 5.75 Å². The molecule has 1 heterocycles. The third kappa shape index (κ3) is 4.60. The van der Waals surface area contributed by atoms with Crippen molar-refractivity contribution in [3.63, 3.8) is 0 Å². The highest BCUT2D eigenvalue weighted by atomic mass is 32.2. The number of nitro groups is 1. The van der Waals surface area contributed by atoms with Crippen LogP contribution in [-0.2, 0) is 10.0 Å². The first-order valence-corrected chi connectivity index (χ1v) is 10.9. The van der Waals surface area contributed by atoms with Gasteiger partial charge in [0.25, 0.3) is 11.6 Å². The molecule has 0 saturated carbocycles. The van der Waals surface area contributed by atoms with Crippen LogP contribution in [0.4, 0.5) is 11.4 Å². The van der Waals surface area contributed by atoms with Gasteiger partial charge in [0, 0.05) is 30.8 Å². The zero-order chi connectivity index (χ0) is 21.9. The van der Waals surface area contributed by atoms with E-state index in [4.69, 9.17) is 4.74 Å². The molecule has 160 valence electrons. The van der Waals surface area contributed by atoms with Crippen LogP contribution in [0.5, 0.6) is 5.75 Å². The van der Waals surface area contributed by atoms with E-state index in [0.717, 1.165) is 12.8 Å². The Morgan fingerprint density at radius 2 is 1.93 bits per heavy atom. The second kappa shape index (κ2) is 8.80. The number of methoxy groups -OCH3 is 1.